The van der Waals surface area contributed by atoms with Gasteiger partial charge < -0.3 is 10.4 Å². The van der Waals surface area contributed by atoms with Gasteiger partial charge in [0.1, 0.15) is 0 Å². The van der Waals surface area contributed by atoms with Gasteiger partial charge in [-0.05, 0) is 43.2 Å². The second-order valence-electron chi connectivity index (χ2n) is 7.76. The van der Waals surface area contributed by atoms with Crippen molar-refractivity contribution in [2.45, 2.75) is 51.6 Å². The van der Waals surface area contributed by atoms with E-state index in [0.29, 0.717) is 13.0 Å². The predicted molar refractivity (Wildman–Crippen MR) is 88.2 cm³/mol. The van der Waals surface area contributed by atoms with E-state index >= 15 is 0 Å². The number of hydrogen-bond acceptors (Lipinski definition) is 2. The fourth-order valence-corrected chi connectivity index (χ4v) is 3.67. The zero-order valence-electron chi connectivity index (χ0n) is 13.7. The van der Waals surface area contributed by atoms with Crippen LogP contribution in [0.5, 0.6) is 0 Å². The Morgan fingerprint density at radius 1 is 1.41 bits per heavy atom. The number of para-hydroxylation sites is 1. The van der Waals surface area contributed by atoms with Crippen LogP contribution in [-0.2, 0) is 5.41 Å². The predicted octanol–water partition coefficient (Wildman–Crippen LogP) is 3.04. The number of anilines is 1. The lowest BCUT2D eigenvalue weighted by atomic mass is 9.87. The third kappa shape index (κ3) is 2.84. The number of nitrogens with zero attached hydrogens (tertiary/aromatic N) is 1. The van der Waals surface area contributed by atoms with Crippen LogP contribution in [0.2, 0.25) is 0 Å². The lowest BCUT2D eigenvalue weighted by molar-refractivity contribution is 0.129. The minimum atomic E-state index is -0.353. The summed E-state index contributed by atoms with van der Waals surface area (Å²) in [5.41, 5.74) is 2.50. The van der Waals surface area contributed by atoms with E-state index in [1.54, 1.807) is 6.92 Å². The molecule has 4 nitrogen and oxygen atoms in total. The Morgan fingerprint density at radius 3 is 2.73 bits per heavy atom. The maximum Gasteiger partial charge on any atom is 0.321 e. The molecule has 1 atom stereocenters. The maximum absolute atomic E-state index is 12.6. The number of carbonyl (C=O) groups is 1. The summed E-state index contributed by atoms with van der Waals surface area (Å²) < 4.78 is 0. The first-order valence-electron chi connectivity index (χ1n) is 8.16. The molecule has 2 aliphatic rings. The lowest BCUT2D eigenvalue weighted by Crippen LogP contribution is -2.44. The van der Waals surface area contributed by atoms with E-state index in [1.807, 2.05) is 17.0 Å². The second kappa shape index (κ2) is 5.27. The summed E-state index contributed by atoms with van der Waals surface area (Å²) in [6.07, 6.45) is 2.69. The molecule has 2 amide bonds. The second-order valence-corrected chi connectivity index (χ2v) is 7.76. The van der Waals surface area contributed by atoms with Crippen molar-refractivity contribution in [1.82, 2.24) is 5.32 Å². The molecule has 0 aromatic heterocycles. The Labute approximate surface area is 132 Å². The molecule has 0 bridgehead atoms. The van der Waals surface area contributed by atoms with Crippen LogP contribution in [0.3, 0.4) is 0 Å². The molecule has 1 fully saturated rings. The smallest absolute Gasteiger partial charge is 0.321 e. The number of aliphatic hydroxyl groups excluding tert-OH is 1. The third-order valence-corrected chi connectivity index (χ3v) is 4.89. The molecule has 1 unspecified atom stereocenters. The topological polar surface area (TPSA) is 52.6 Å². The van der Waals surface area contributed by atoms with Gasteiger partial charge in [0.2, 0.25) is 0 Å². The molecule has 2 N–H and O–H groups in total. The highest BCUT2D eigenvalue weighted by molar-refractivity contribution is 5.95. The van der Waals surface area contributed by atoms with E-state index in [4.69, 9.17) is 0 Å². The lowest BCUT2D eigenvalue weighted by Gasteiger charge is -2.28. The molecule has 1 heterocycles. The first-order valence-corrected chi connectivity index (χ1v) is 8.16. The van der Waals surface area contributed by atoms with Crippen molar-refractivity contribution in [3.8, 4) is 0 Å². The largest absolute Gasteiger partial charge is 0.393 e. The average molecular weight is 302 g/mol. The van der Waals surface area contributed by atoms with E-state index in [0.717, 1.165) is 12.2 Å². The molecule has 1 saturated carbocycles. The van der Waals surface area contributed by atoms with Crippen molar-refractivity contribution in [3.05, 3.63) is 29.8 Å². The van der Waals surface area contributed by atoms with Gasteiger partial charge in [0, 0.05) is 24.2 Å². The Balaban J connectivity index is 1.67. The highest BCUT2D eigenvalue weighted by atomic mass is 16.3. The van der Waals surface area contributed by atoms with E-state index in [-0.39, 0.29) is 23.0 Å². The van der Waals surface area contributed by atoms with Gasteiger partial charge >= 0.3 is 6.03 Å². The average Bonchev–Trinajstić information content (AvgIpc) is 3.14. The van der Waals surface area contributed by atoms with E-state index in [2.05, 4.69) is 31.3 Å². The quantitative estimate of drug-likeness (QED) is 0.898. The molecule has 1 aliphatic heterocycles. The monoisotopic (exact) mass is 302 g/mol. The molecule has 120 valence electrons. The van der Waals surface area contributed by atoms with Crippen molar-refractivity contribution < 1.29 is 9.90 Å². The van der Waals surface area contributed by atoms with Gasteiger partial charge in [-0.25, -0.2) is 4.79 Å². The SMILES string of the molecule is CC(O)CC(C)(C)CNC(=O)N1CC2(CC2)c2ccccc21. The molecular formula is C18H26N2O2. The van der Waals surface area contributed by atoms with Gasteiger partial charge in [-0.3, -0.25) is 4.90 Å². The summed E-state index contributed by atoms with van der Waals surface area (Å²) >= 11 is 0. The van der Waals surface area contributed by atoms with Gasteiger partial charge in [-0.15, -0.1) is 0 Å². The summed E-state index contributed by atoms with van der Waals surface area (Å²) in [4.78, 5) is 14.5. The number of benzene rings is 1. The molecule has 0 saturated heterocycles. The number of carbonyl (C=O) groups excluding carboxylic acids is 1. The molecule has 1 aromatic carbocycles. The van der Waals surface area contributed by atoms with Gasteiger partial charge in [0.15, 0.2) is 0 Å². The number of aliphatic hydroxyl groups is 1. The van der Waals surface area contributed by atoms with Gasteiger partial charge in [0.25, 0.3) is 0 Å². The molecule has 3 rings (SSSR count). The number of fused-ring (bicyclic) bond motifs is 2. The van der Waals surface area contributed by atoms with E-state index in [1.165, 1.54) is 18.4 Å². The summed E-state index contributed by atoms with van der Waals surface area (Å²) in [7, 11) is 0. The van der Waals surface area contributed by atoms with Crippen LogP contribution in [0.25, 0.3) is 0 Å². The number of rotatable bonds is 4. The van der Waals surface area contributed by atoms with Gasteiger partial charge in [-0.2, -0.15) is 0 Å². The maximum atomic E-state index is 12.6. The molecular weight excluding hydrogens is 276 g/mol. The Hall–Kier alpha value is -1.55. The number of urea groups is 1. The fraction of sp³-hybridized carbons (Fsp3) is 0.611. The normalized spacial score (nSPS) is 19.9. The zero-order chi connectivity index (χ0) is 16.0. The van der Waals surface area contributed by atoms with Crippen molar-refractivity contribution >= 4 is 11.7 Å². The fourth-order valence-electron chi connectivity index (χ4n) is 3.67. The van der Waals surface area contributed by atoms with Crippen molar-refractivity contribution in [2.75, 3.05) is 18.0 Å². The first kappa shape index (κ1) is 15.3. The summed E-state index contributed by atoms with van der Waals surface area (Å²) in [5, 5.41) is 12.6. The van der Waals surface area contributed by atoms with Crippen LogP contribution in [0.15, 0.2) is 24.3 Å². The zero-order valence-corrected chi connectivity index (χ0v) is 13.7. The Bertz CT molecular complexity index is 576. The van der Waals surface area contributed by atoms with Crippen molar-refractivity contribution in [3.63, 3.8) is 0 Å². The molecule has 0 radical (unpaired) electrons. The van der Waals surface area contributed by atoms with Crippen LogP contribution >= 0.6 is 0 Å². The highest BCUT2D eigenvalue weighted by Crippen LogP contribution is 2.56. The van der Waals surface area contributed by atoms with Crippen LogP contribution in [0.4, 0.5) is 10.5 Å². The Morgan fingerprint density at radius 2 is 2.09 bits per heavy atom. The third-order valence-electron chi connectivity index (χ3n) is 4.89. The van der Waals surface area contributed by atoms with Crippen LogP contribution < -0.4 is 10.2 Å². The molecule has 1 aromatic rings. The molecule has 1 aliphatic carbocycles. The van der Waals surface area contributed by atoms with Crippen LogP contribution in [0, 0.1) is 5.41 Å². The van der Waals surface area contributed by atoms with E-state index < -0.39 is 0 Å². The minimum Gasteiger partial charge on any atom is -0.393 e. The molecule has 4 heteroatoms. The summed E-state index contributed by atoms with van der Waals surface area (Å²) in [5.74, 6) is 0. The van der Waals surface area contributed by atoms with Crippen LogP contribution in [0.1, 0.15) is 45.6 Å². The molecule has 22 heavy (non-hydrogen) atoms. The number of amides is 2. The standard InChI is InChI=1S/C18H26N2O2/c1-13(21)10-17(2,3)11-19-16(22)20-12-18(8-9-18)14-6-4-5-7-15(14)20/h4-7,13,21H,8-12H2,1-3H3,(H,19,22). The summed E-state index contributed by atoms with van der Waals surface area (Å²) in [6, 6.07) is 8.25. The molecule has 1 spiro atoms. The number of hydrogen-bond donors (Lipinski definition) is 2. The number of nitrogens with one attached hydrogen (secondary N) is 1. The van der Waals surface area contributed by atoms with Crippen molar-refractivity contribution in [2.24, 2.45) is 5.41 Å². The minimum absolute atomic E-state index is 0.0186. The summed E-state index contributed by atoms with van der Waals surface area (Å²) in [6.45, 7) is 7.30. The Kier molecular flexibility index (Phi) is 3.68. The first-order chi connectivity index (χ1) is 10.3. The van der Waals surface area contributed by atoms with Crippen LogP contribution in [-0.4, -0.2) is 30.3 Å². The van der Waals surface area contributed by atoms with Crippen molar-refractivity contribution in [1.29, 1.82) is 0 Å². The van der Waals surface area contributed by atoms with Gasteiger partial charge in [0.05, 0.1) is 6.10 Å². The van der Waals surface area contributed by atoms with E-state index in [9.17, 15) is 9.90 Å². The van der Waals surface area contributed by atoms with Gasteiger partial charge in [-0.1, -0.05) is 32.0 Å². The highest BCUT2D eigenvalue weighted by Gasteiger charge is 2.52.